The Kier molecular flexibility index (Phi) is 5.76. The minimum atomic E-state index is -0.988. The highest BCUT2D eigenvalue weighted by molar-refractivity contribution is 6.00. The third-order valence-electron chi connectivity index (χ3n) is 5.09. The van der Waals surface area contributed by atoms with E-state index in [2.05, 4.69) is 11.4 Å². The van der Waals surface area contributed by atoms with E-state index in [9.17, 15) is 14.7 Å². The van der Waals surface area contributed by atoms with Crippen LogP contribution in [0.4, 0.5) is 0 Å². The highest BCUT2D eigenvalue weighted by atomic mass is 16.4. The maximum absolute atomic E-state index is 12.4. The number of rotatable bonds is 7. The van der Waals surface area contributed by atoms with Crippen molar-refractivity contribution in [2.75, 3.05) is 6.54 Å². The standard InChI is InChI=1S/C21H26N2O3/c1-2-23-18-11-7-6-10-16(18)17(20(23)21(25)26)14-19(24)22-13-12-15-8-4-3-5-9-15/h6-8,10-11H,2-5,9,12-14H2,1H3,(H,22,24)(H,25,26). The number of allylic oxidation sites excluding steroid dienone is 1. The number of hydrogen-bond acceptors (Lipinski definition) is 2. The Bertz CT molecular complexity index is 848. The summed E-state index contributed by atoms with van der Waals surface area (Å²) in [4.78, 5) is 24.3. The van der Waals surface area contributed by atoms with Gasteiger partial charge in [-0.1, -0.05) is 29.8 Å². The fourth-order valence-corrected chi connectivity index (χ4v) is 3.84. The molecule has 0 atom stereocenters. The molecule has 0 spiro atoms. The molecule has 3 rings (SSSR count). The molecule has 1 aromatic heterocycles. The monoisotopic (exact) mass is 354 g/mol. The Hall–Kier alpha value is -2.56. The average Bonchev–Trinajstić information content (AvgIpc) is 2.96. The molecule has 26 heavy (non-hydrogen) atoms. The second-order valence-electron chi connectivity index (χ2n) is 6.78. The van der Waals surface area contributed by atoms with Crippen LogP contribution in [0.3, 0.4) is 0 Å². The third kappa shape index (κ3) is 3.82. The second-order valence-corrected chi connectivity index (χ2v) is 6.78. The van der Waals surface area contributed by atoms with Gasteiger partial charge in [0.05, 0.1) is 6.42 Å². The Morgan fingerprint density at radius 2 is 2.04 bits per heavy atom. The van der Waals surface area contributed by atoms with Gasteiger partial charge >= 0.3 is 5.97 Å². The molecule has 1 aliphatic carbocycles. The number of carboxylic acids is 1. The van der Waals surface area contributed by atoms with Gasteiger partial charge in [-0.3, -0.25) is 4.79 Å². The first kappa shape index (κ1) is 18.2. The average molecular weight is 354 g/mol. The summed E-state index contributed by atoms with van der Waals surface area (Å²) in [6.45, 7) is 3.08. The summed E-state index contributed by atoms with van der Waals surface area (Å²) in [6, 6.07) is 7.57. The number of fused-ring (bicyclic) bond motifs is 1. The largest absolute Gasteiger partial charge is 0.477 e. The molecule has 1 aliphatic rings. The zero-order valence-electron chi connectivity index (χ0n) is 15.3. The maximum Gasteiger partial charge on any atom is 0.352 e. The van der Waals surface area contributed by atoms with Crippen LogP contribution >= 0.6 is 0 Å². The smallest absolute Gasteiger partial charge is 0.352 e. The van der Waals surface area contributed by atoms with Crippen molar-refractivity contribution in [1.29, 1.82) is 0 Å². The Balaban J connectivity index is 1.75. The van der Waals surface area contributed by atoms with E-state index in [4.69, 9.17) is 0 Å². The molecule has 2 aromatic rings. The Morgan fingerprint density at radius 1 is 1.23 bits per heavy atom. The van der Waals surface area contributed by atoms with Crippen LogP contribution in [0.5, 0.6) is 0 Å². The lowest BCUT2D eigenvalue weighted by Crippen LogP contribution is -2.27. The first-order valence-corrected chi connectivity index (χ1v) is 9.39. The van der Waals surface area contributed by atoms with Crippen molar-refractivity contribution in [3.63, 3.8) is 0 Å². The van der Waals surface area contributed by atoms with Gasteiger partial charge in [-0.2, -0.15) is 0 Å². The summed E-state index contributed by atoms with van der Waals surface area (Å²) in [5, 5.41) is 13.5. The molecule has 0 saturated heterocycles. The first-order valence-electron chi connectivity index (χ1n) is 9.39. The minimum Gasteiger partial charge on any atom is -0.477 e. The number of benzene rings is 1. The molecule has 1 amide bonds. The van der Waals surface area contributed by atoms with Crippen LogP contribution in [0.1, 0.15) is 55.1 Å². The van der Waals surface area contributed by atoms with Crippen LogP contribution < -0.4 is 5.32 Å². The highest BCUT2D eigenvalue weighted by Gasteiger charge is 2.23. The van der Waals surface area contributed by atoms with Crippen LogP contribution in [-0.2, 0) is 17.8 Å². The molecular weight excluding hydrogens is 328 g/mol. The molecule has 0 aliphatic heterocycles. The number of carbonyl (C=O) groups is 2. The fraction of sp³-hybridized carbons (Fsp3) is 0.429. The van der Waals surface area contributed by atoms with Crippen molar-refractivity contribution in [2.24, 2.45) is 0 Å². The van der Waals surface area contributed by atoms with Gasteiger partial charge in [-0.25, -0.2) is 4.79 Å². The van der Waals surface area contributed by atoms with Crippen molar-refractivity contribution in [2.45, 2.75) is 52.0 Å². The van der Waals surface area contributed by atoms with Crippen molar-refractivity contribution in [1.82, 2.24) is 9.88 Å². The fourth-order valence-electron chi connectivity index (χ4n) is 3.84. The molecule has 0 unspecified atom stereocenters. The van der Waals surface area contributed by atoms with Gasteiger partial charge in [-0.05, 0) is 45.1 Å². The van der Waals surface area contributed by atoms with E-state index in [1.54, 1.807) is 4.57 Å². The topological polar surface area (TPSA) is 71.3 Å². The van der Waals surface area contributed by atoms with Crippen LogP contribution in [0, 0.1) is 0 Å². The lowest BCUT2D eigenvalue weighted by molar-refractivity contribution is -0.120. The zero-order valence-corrected chi connectivity index (χ0v) is 15.3. The van der Waals surface area contributed by atoms with Gasteiger partial charge in [0.2, 0.25) is 5.91 Å². The van der Waals surface area contributed by atoms with E-state index in [1.807, 2.05) is 31.2 Å². The van der Waals surface area contributed by atoms with Gasteiger partial charge in [0, 0.05) is 29.6 Å². The van der Waals surface area contributed by atoms with E-state index in [1.165, 1.54) is 18.4 Å². The number of aromatic carboxylic acids is 1. The van der Waals surface area contributed by atoms with E-state index in [-0.39, 0.29) is 18.0 Å². The number of amides is 1. The van der Waals surface area contributed by atoms with Crippen LogP contribution in [-0.4, -0.2) is 28.1 Å². The van der Waals surface area contributed by atoms with Crippen molar-refractivity contribution in [3.8, 4) is 0 Å². The molecule has 0 radical (unpaired) electrons. The lowest BCUT2D eigenvalue weighted by atomic mass is 9.97. The van der Waals surface area contributed by atoms with Gasteiger partial charge < -0.3 is 15.0 Å². The number of nitrogens with zero attached hydrogens (tertiary/aromatic N) is 1. The third-order valence-corrected chi connectivity index (χ3v) is 5.09. The number of nitrogens with one attached hydrogen (secondary N) is 1. The SMILES string of the molecule is CCn1c(C(=O)O)c(CC(=O)NCCC2=CCCCC2)c2ccccc21. The molecule has 138 valence electrons. The molecule has 0 bridgehead atoms. The second kappa shape index (κ2) is 8.21. The van der Waals surface area contributed by atoms with Crippen LogP contribution in [0.25, 0.3) is 10.9 Å². The van der Waals surface area contributed by atoms with Crippen molar-refractivity contribution < 1.29 is 14.7 Å². The highest BCUT2D eigenvalue weighted by Crippen LogP contribution is 2.27. The molecular formula is C21H26N2O3. The predicted octanol–water partition coefficient (Wildman–Crippen LogP) is 3.91. The molecule has 2 N–H and O–H groups in total. The normalized spacial score (nSPS) is 14.3. The predicted molar refractivity (Wildman–Crippen MR) is 102 cm³/mol. The molecule has 0 saturated carbocycles. The first-order chi connectivity index (χ1) is 12.6. The molecule has 5 nitrogen and oxygen atoms in total. The van der Waals surface area contributed by atoms with Gasteiger partial charge in [0.1, 0.15) is 5.69 Å². The number of aryl methyl sites for hydroxylation is 1. The summed E-state index contributed by atoms with van der Waals surface area (Å²) >= 11 is 0. The summed E-state index contributed by atoms with van der Waals surface area (Å²) < 4.78 is 1.77. The van der Waals surface area contributed by atoms with Gasteiger partial charge in [-0.15, -0.1) is 0 Å². The van der Waals surface area contributed by atoms with E-state index in [0.29, 0.717) is 18.7 Å². The molecule has 1 aromatic carbocycles. The Morgan fingerprint density at radius 3 is 2.73 bits per heavy atom. The van der Waals surface area contributed by atoms with E-state index < -0.39 is 5.97 Å². The summed E-state index contributed by atoms with van der Waals surface area (Å²) in [6.07, 6.45) is 8.02. The van der Waals surface area contributed by atoms with Crippen molar-refractivity contribution >= 4 is 22.8 Å². The summed E-state index contributed by atoms with van der Waals surface area (Å²) in [5.41, 5.74) is 3.11. The van der Waals surface area contributed by atoms with Gasteiger partial charge in [0.15, 0.2) is 0 Å². The quantitative estimate of drug-likeness (QED) is 0.741. The molecule has 5 heteroatoms. The summed E-state index contributed by atoms with van der Waals surface area (Å²) in [5.74, 6) is -1.11. The van der Waals surface area contributed by atoms with E-state index in [0.717, 1.165) is 30.2 Å². The number of hydrogen-bond donors (Lipinski definition) is 2. The number of para-hydroxylation sites is 1. The minimum absolute atomic E-state index is 0.0915. The lowest BCUT2D eigenvalue weighted by Gasteiger charge is -2.13. The van der Waals surface area contributed by atoms with Gasteiger partial charge in [0.25, 0.3) is 0 Å². The van der Waals surface area contributed by atoms with Crippen LogP contribution in [0.2, 0.25) is 0 Å². The van der Waals surface area contributed by atoms with Crippen molar-refractivity contribution in [3.05, 3.63) is 47.2 Å². The number of aromatic nitrogens is 1. The van der Waals surface area contributed by atoms with Crippen LogP contribution in [0.15, 0.2) is 35.9 Å². The Labute approximate surface area is 153 Å². The summed E-state index contributed by atoms with van der Waals surface area (Å²) in [7, 11) is 0. The van der Waals surface area contributed by atoms with E-state index >= 15 is 0 Å². The molecule has 0 fully saturated rings. The molecule has 1 heterocycles. The zero-order chi connectivity index (χ0) is 18.5. The number of carbonyl (C=O) groups excluding carboxylic acids is 1. The number of carboxylic acid groups (broad SMARTS) is 1. The maximum atomic E-state index is 12.4.